The van der Waals surface area contributed by atoms with Gasteiger partial charge in [0.1, 0.15) is 5.52 Å². The molecule has 0 spiro atoms. The smallest absolute Gasteiger partial charge is 0.411 e. The summed E-state index contributed by atoms with van der Waals surface area (Å²) in [5.74, 6) is 1.11. The number of anilines is 1. The molecule has 0 saturated carbocycles. The van der Waals surface area contributed by atoms with Crippen molar-refractivity contribution in [3.63, 3.8) is 0 Å². The van der Waals surface area contributed by atoms with Crippen LogP contribution in [0.4, 0.5) is 9.93 Å². The molecule has 3 aromatic rings. The number of para-hydroxylation sites is 2. The van der Waals surface area contributed by atoms with Crippen molar-refractivity contribution in [1.29, 1.82) is 0 Å². The molecule has 2 N–H and O–H groups in total. The molecule has 0 fully saturated rings. The first-order chi connectivity index (χ1) is 9.70. The summed E-state index contributed by atoms with van der Waals surface area (Å²) < 4.78 is 6.22. The van der Waals surface area contributed by atoms with Crippen LogP contribution in [-0.4, -0.2) is 26.4 Å². The lowest BCUT2D eigenvalue weighted by Gasteiger charge is -1.91. The third kappa shape index (κ3) is 2.89. The SMILES string of the molecule is O=C(O)Nc1nnc(SCc2nc3ccccc3o2)s1. The third-order valence-corrected chi connectivity index (χ3v) is 4.23. The lowest BCUT2D eigenvalue weighted by molar-refractivity contribution is 0.209. The Morgan fingerprint density at radius 1 is 1.40 bits per heavy atom. The van der Waals surface area contributed by atoms with Crippen LogP contribution >= 0.6 is 23.1 Å². The van der Waals surface area contributed by atoms with E-state index in [-0.39, 0.29) is 5.13 Å². The number of oxazole rings is 1. The normalized spacial score (nSPS) is 10.8. The number of carboxylic acid groups (broad SMARTS) is 1. The van der Waals surface area contributed by atoms with Crippen LogP contribution in [-0.2, 0) is 5.75 Å². The fourth-order valence-corrected chi connectivity index (χ4v) is 3.10. The average molecular weight is 308 g/mol. The lowest BCUT2D eigenvalue weighted by atomic mass is 10.3. The average Bonchev–Trinajstić information content (AvgIpc) is 3.01. The second-order valence-corrected chi connectivity index (χ2v) is 5.87. The molecular weight excluding hydrogens is 300 g/mol. The van der Waals surface area contributed by atoms with E-state index in [2.05, 4.69) is 20.5 Å². The molecule has 102 valence electrons. The summed E-state index contributed by atoms with van der Waals surface area (Å²) in [5, 5.41) is 18.6. The van der Waals surface area contributed by atoms with Crippen molar-refractivity contribution in [2.75, 3.05) is 5.32 Å². The Kier molecular flexibility index (Phi) is 3.52. The molecule has 2 heterocycles. The van der Waals surface area contributed by atoms with E-state index in [4.69, 9.17) is 9.52 Å². The molecule has 7 nitrogen and oxygen atoms in total. The number of aromatic nitrogens is 3. The Morgan fingerprint density at radius 3 is 3.05 bits per heavy atom. The van der Waals surface area contributed by atoms with Crippen LogP contribution in [0.25, 0.3) is 11.1 Å². The van der Waals surface area contributed by atoms with E-state index in [1.54, 1.807) is 0 Å². The fourth-order valence-electron chi connectivity index (χ4n) is 1.52. The van der Waals surface area contributed by atoms with Crippen LogP contribution in [0.3, 0.4) is 0 Å². The second-order valence-electron chi connectivity index (χ2n) is 3.67. The van der Waals surface area contributed by atoms with Crippen molar-refractivity contribution >= 4 is 45.4 Å². The highest BCUT2D eigenvalue weighted by Crippen LogP contribution is 2.29. The van der Waals surface area contributed by atoms with E-state index in [0.717, 1.165) is 11.1 Å². The maximum atomic E-state index is 10.5. The van der Waals surface area contributed by atoms with Gasteiger partial charge in [-0.3, -0.25) is 5.32 Å². The van der Waals surface area contributed by atoms with Crippen molar-refractivity contribution in [2.24, 2.45) is 0 Å². The second kappa shape index (κ2) is 5.47. The molecule has 0 saturated heterocycles. The van der Waals surface area contributed by atoms with Gasteiger partial charge >= 0.3 is 6.09 Å². The number of hydrogen-bond donors (Lipinski definition) is 2. The van der Waals surface area contributed by atoms with Gasteiger partial charge in [-0.25, -0.2) is 9.78 Å². The van der Waals surface area contributed by atoms with E-state index in [1.807, 2.05) is 24.3 Å². The number of nitrogens with zero attached hydrogens (tertiary/aromatic N) is 3. The highest BCUT2D eigenvalue weighted by Gasteiger charge is 2.10. The monoisotopic (exact) mass is 308 g/mol. The molecule has 0 atom stereocenters. The molecule has 9 heteroatoms. The highest BCUT2D eigenvalue weighted by atomic mass is 32.2. The topological polar surface area (TPSA) is 101 Å². The van der Waals surface area contributed by atoms with Gasteiger partial charge in [0.25, 0.3) is 0 Å². The molecular formula is C11H8N4O3S2. The molecule has 2 aromatic heterocycles. The van der Waals surface area contributed by atoms with Crippen LogP contribution < -0.4 is 5.32 Å². The van der Waals surface area contributed by atoms with E-state index in [9.17, 15) is 4.79 Å². The summed E-state index contributed by atoms with van der Waals surface area (Å²) in [6.07, 6.45) is -1.16. The molecule has 20 heavy (non-hydrogen) atoms. The Hall–Kier alpha value is -2.13. The summed E-state index contributed by atoms with van der Waals surface area (Å²) >= 11 is 2.56. The van der Waals surface area contributed by atoms with Gasteiger partial charge < -0.3 is 9.52 Å². The van der Waals surface area contributed by atoms with E-state index in [0.29, 0.717) is 16.0 Å². The molecule has 0 aliphatic carbocycles. The minimum atomic E-state index is -1.16. The quantitative estimate of drug-likeness (QED) is 0.564. The number of carbonyl (C=O) groups is 1. The third-order valence-electron chi connectivity index (χ3n) is 2.28. The van der Waals surface area contributed by atoms with Crippen molar-refractivity contribution in [1.82, 2.24) is 15.2 Å². The number of amides is 1. The molecule has 1 aromatic carbocycles. The number of nitrogens with one attached hydrogen (secondary N) is 1. The molecule has 0 aliphatic rings. The van der Waals surface area contributed by atoms with Crippen molar-refractivity contribution in [3.05, 3.63) is 30.2 Å². The fraction of sp³-hybridized carbons (Fsp3) is 0.0909. The van der Waals surface area contributed by atoms with Crippen LogP contribution in [0.15, 0.2) is 33.0 Å². The van der Waals surface area contributed by atoms with E-state index in [1.165, 1.54) is 23.1 Å². The predicted molar refractivity (Wildman–Crippen MR) is 75.1 cm³/mol. The summed E-state index contributed by atoms with van der Waals surface area (Å²) in [5.41, 5.74) is 1.56. The summed E-state index contributed by atoms with van der Waals surface area (Å²) in [6, 6.07) is 7.53. The summed E-state index contributed by atoms with van der Waals surface area (Å²) in [4.78, 5) is 14.8. The minimum Gasteiger partial charge on any atom is -0.465 e. The van der Waals surface area contributed by atoms with Crippen molar-refractivity contribution in [2.45, 2.75) is 10.1 Å². The van der Waals surface area contributed by atoms with Gasteiger partial charge in [0, 0.05) is 0 Å². The maximum Gasteiger partial charge on any atom is 0.411 e. The number of benzene rings is 1. The van der Waals surface area contributed by atoms with E-state index < -0.39 is 6.09 Å². The Labute approximate surface area is 121 Å². The van der Waals surface area contributed by atoms with Crippen molar-refractivity contribution < 1.29 is 14.3 Å². The summed E-state index contributed by atoms with van der Waals surface area (Å²) in [7, 11) is 0. The largest absolute Gasteiger partial charge is 0.465 e. The Balaban J connectivity index is 1.66. The lowest BCUT2D eigenvalue weighted by Crippen LogP contribution is -2.06. The Bertz CT molecular complexity index is 722. The van der Waals surface area contributed by atoms with Crippen molar-refractivity contribution in [3.8, 4) is 0 Å². The van der Waals surface area contributed by atoms with E-state index >= 15 is 0 Å². The Morgan fingerprint density at radius 2 is 2.25 bits per heavy atom. The van der Waals surface area contributed by atoms with Crippen LogP contribution in [0.2, 0.25) is 0 Å². The molecule has 0 radical (unpaired) electrons. The van der Waals surface area contributed by atoms with Gasteiger partial charge in [-0.2, -0.15) is 0 Å². The summed E-state index contributed by atoms with van der Waals surface area (Å²) in [6.45, 7) is 0. The van der Waals surface area contributed by atoms with Gasteiger partial charge in [0.05, 0.1) is 5.75 Å². The maximum absolute atomic E-state index is 10.5. The van der Waals surface area contributed by atoms with Gasteiger partial charge in [0.15, 0.2) is 9.92 Å². The zero-order valence-electron chi connectivity index (χ0n) is 9.94. The van der Waals surface area contributed by atoms with Crippen LogP contribution in [0.5, 0.6) is 0 Å². The zero-order chi connectivity index (χ0) is 13.9. The molecule has 0 unspecified atom stereocenters. The minimum absolute atomic E-state index is 0.248. The van der Waals surface area contributed by atoms with Gasteiger partial charge in [-0.1, -0.05) is 35.2 Å². The molecule has 0 bridgehead atoms. The number of hydrogen-bond acceptors (Lipinski definition) is 7. The molecule has 0 aliphatic heterocycles. The van der Waals surface area contributed by atoms with Crippen LogP contribution in [0.1, 0.15) is 5.89 Å². The highest BCUT2D eigenvalue weighted by molar-refractivity contribution is 8.00. The first-order valence-corrected chi connectivity index (χ1v) is 7.31. The first-order valence-electron chi connectivity index (χ1n) is 5.51. The van der Waals surface area contributed by atoms with Gasteiger partial charge in [-0.05, 0) is 12.1 Å². The van der Waals surface area contributed by atoms with Gasteiger partial charge in [-0.15, -0.1) is 10.2 Å². The molecule has 1 amide bonds. The number of fused-ring (bicyclic) bond motifs is 1. The van der Waals surface area contributed by atoms with Crippen LogP contribution in [0, 0.1) is 0 Å². The molecule has 3 rings (SSSR count). The number of rotatable bonds is 4. The number of thioether (sulfide) groups is 1. The standard InChI is InChI=1S/C11H8N4O3S2/c16-10(17)13-9-14-15-11(20-9)19-5-8-12-6-3-1-2-4-7(6)18-8/h1-4H,5H2,(H,13,14)(H,16,17). The predicted octanol–water partition coefficient (Wildman–Crippen LogP) is 3.06. The first kappa shape index (κ1) is 12.9. The van der Waals surface area contributed by atoms with Gasteiger partial charge in [0.2, 0.25) is 11.0 Å². The zero-order valence-corrected chi connectivity index (χ0v) is 11.6.